The van der Waals surface area contributed by atoms with Gasteiger partial charge in [0.05, 0.1) is 10.6 Å². The number of nitrogens with zero attached hydrogens (tertiary/aromatic N) is 1. The summed E-state index contributed by atoms with van der Waals surface area (Å²) in [6, 6.07) is 3.36. The Hall–Kier alpha value is -1.49. The summed E-state index contributed by atoms with van der Waals surface area (Å²) in [6.07, 6.45) is 2.46. The Labute approximate surface area is 198 Å². The summed E-state index contributed by atoms with van der Waals surface area (Å²) in [5, 5.41) is 2.72. The van der Waals surface area contributed by atoms with E-state index in [1.807, 2.05) is 13.8 Å². The fourth-order valence-electron chi connectivity index (χ4n) is 3.75. The van der Waals surface area contributed by atoms with E-state index in [2.05, 4.69) is 21.2 Å². The van der Waals surface area contributed by atoms with Gasteiger partial charge in [0.1, 0.15) is 0 Å². The van der Waals surface area contributed by atoms with Crippen molar-refractivity contribution in [2.45, 2.75) is 57.1 Å². The molecule has 178 valence electrons. The second-order valence-electron chi connectivity index (χ2n) is 7.97. The molecule has 32 heavy (non-hydrogen) atoms. The number of anilines is 1. The van der Waals surface area contributed by atoms with Crippen LogP contribution in [0.2, 0.25) is 0 Å². The summed E-state index contributed by atoms with van der Waals surface area (Å²) >= 11 is 3.37. The molecule has 10 heteroatoms. The van der Waals surface area contributed by atoms with E-state index < -0.39 is 16.1 Å². The van der Waals surface area contributed by atoms with Crippen LogP contribution in [0.5, 0.6) is 0 Å². The van der Waals surface area contributed by atoms with E-state index in [4.69, 9.17) is 9.47 Å². The highest BCUT2D eigenvalue weighted by Crippen LogP contribution is 2.39. The van der Waals surface area contributed by atoms with Crippen molar-refractivity contribution in [2.24, 2.45) is 5.92 Å². The van der Waals surface area contributed by atoms with Crippen LogP contribution in [0.1, 0.15) is 45.1 Å². The topological polar surface area (TPSA) is 102 Å². The highest BCUT2D eigenvalue weighted by Gasteiger charge is 2.37. The van der Waals surface area contributed by atoms with Crippen molar-refractivity contribution in [3.63, 3.8) is 0 Å². The van der Waals surface area contributed by atoms with Gasteiger partial charge in [-0.3, -0.25) is 9.59 Å². The normalized spacial score (nSPS) is 15.8. The van der Waals surface area contributed by atoms with Gasteiger partial charge in [-0.15, -0.1) is 0 Å². The van der Waals surface area contributed by atoms with Crippen molar-refractivity contribution in [3.05, 3.63) is 22.2 Å². The van der Waals surface area contributed by atoms with E-state index in [0.29, 0.717) is 49.3 Å². The van der Waals surface area contributed by atoms with Gasteiger partial charge in [-0.2, -0.15) is 0 Å². The van der Waals surface area contributed by atoms with Gasteiger partial charge < -0.3 is 19.7 Å². The molecule has 0 atom stereocenters. The average Bonchev–Trinajstić information content (AvgIpc) is 3.52. The molecule has 0 aromatic heterocycles. The Balaban J connectivity index is 1.59. The number of rotatable bonds is 12. The van der Waals surface area contributed by atoms with Crippen molar-refractivity contribution in [1.29, 1.82) is 0 Å². The van der Waals surface area contributed by atoms with Crippen molar-refractivity contribution in [1.82, 2.24) is 5.32 Å². The molecule has 0 spiro atoms. The number of hydrogen-bond donors (Lipinski definition) is 1. The quantitative estimate of drug-likeness (QED) is 0.417. The van der Waals surface area contributed by atoms with Crippen LogP contribution in [0.4, 0.5) is 5.69 Å². The van der Waals surface area contributed by atoms with E-state index in [9.17, 15) is 18.0 Å². The fraction of sp³-hybridized carbons (Fsp3) is 0.636. The Morgan fingerprint density at radius 1 is 1.22 bits per heavy atom. The average molecular weight is 531 g/mol. The second-order valence-corrected chi connectivity index (χ2v) is 10.9. The predicted octanol–water partition coefficient (Wildman–Crippen LogP) is 2.82. The maximum absolute atomic E-state index is 13.0. The molecule has 0 radical (unpaired) electrons. The molecule has 2 amide bonds. The first-order valence-corrected chi connectivity index (χ1v) is 13.6. The Morgan fingerprint density at radius 2 is 1.91 bits per heavy atom. The molecule has 1 aliphatic heterocycles. The third-order valence-corrected chi connectivity index (χ3v) is 8.23. The van der Waals surface area contributed by atoms with Crippen molar-refractivity contribution in [2.75, 3.05) is 37.0 Å². The van der Waals surface area contributed by atoms with Gasteiger partial charge >= 0.3 is 0 Å². The van der Waals surface area contributed by atoms with Crippen LogP contribution < -0.4 is 10.2 Å². The van der Waals surface area contributed by atoms with Crippen LogP contribution in [0.3, 0.4) is 0 Å². The molecule has 2 aliphatic rings. The Bertz CT molecular complexity index is 942. The molecule has 1 saturated carbocycles. The Morgan fingerprint density at radius 3 is 2.53 bits per heavy atom. The number of amides is 2. The summed E-state index contributed by atoms with van der Waals surface area (Å²) in [5.41, 5.74) is 1.63. The highest BCUT2D eigenvalue weighted by atomic mass is 79.9. The summed E-state index contributed by atoms with van der Waals surface area (Å²) in [6.45, 7) is 5.67. The maximum atomic E-state index is 13.0. The molecule has 0 unspecified atom stereocenters. The summed E-state index contributed by atoms with van der Waals surface area (Å²) in [7, 11) is -3.71. The van der Waals surface area contributed by atoms with Crippen LogP contribution in [0, 0.1) is 5.92 Å². The largest absolute Gasteiger partial charge is 0.356 e. The van der Waals surface area contributed by atoms with E-state index in [0.717, 1.165) is 18.4 Å². The fourth-order valence-corrected chi connectivity index (χ4v) is 6.20. The predicted molar refractivity (Wildman–Crippen MR) is 124 cm³/mol. The monoisotopic (exact) mass is 530 g/mol. The van der Waals surface area contributed by atoms with Gasteiger partial charge in [0.15, 0.2) is 16.1 Å². The third kappa shape index (κ3) is 6.30. The standard InChI is InChI=1S/C22H31BrN2O6S/c1-3-30-21(31-4-2)7-10-24-20(26)9-12-32(28,29)19-14-18-16(13-17(19)23)8-11-25(18)22(27)15-5-6-15/h13-15,21H,3-12H2,1-2H3,(H,24,26). The molecule has 1 heterocycles. The zero-order valence-corrected chi connectivity index (χ0v) is 21.0. The number of benzene rings is 1. The van der Waals surface area contributed by atoms with E-state index in [1.165, 1.54) is 0 Å². The number of fused-ring (bicyclic) bond motifs is 1. The first-order chi connectivity index (χ1) is 15.3. The minimum absolute atomic E-state index is 0.0680. The van der Waals surface area contributed by atoms with Gasteiger partial charge in [0.25, 0.3) is 0 Å². The van der Waals surface area contributed by atoms with Crippen molar-refractivity contribution >= 4 is 43.3 Å². The number of carbonyl (C=O) groups excluding carboxylic acids is 2. The lowest BCUT2D eigenvalue weighted by Gasteiger charge is -2.18. The molecule has 1 fully saturated rings. The second kappa shape index (κ2) is 11.1. The van der Waals surface area contributed by atoms with Gasteiger partial charge in [-0.25, -0.2) is 8.42 Å². The number of nitrogens with one attached hydrogen (secondary N) is 1. The summed E-state index contributed by atoms with van der Waals surface area (Å²) in [5.74, 6) is -0.514. The molecule has 0 bridgehead atoms. The molecule has 1 aliphatic carbocycles. The molecule has 0 saturated heterocycles. The molecule has 1 N–H and O–H groups in total. The molecule has 1 aromatic rings. The van der Waals surface area contributed by atoms with E-state index in [1.54, 1.807) is 17.0 Å². The van der Waals surface area contributed by atoms with E-state index in [-0.39, 0.29) is 34.8 Å². The number of halogens is 1. The molecule has 8 nitrogen and oxygen atoms in total. The van der Waals surface area contributed by atoms with Crippen molar-refractivity contribution < 1.29 is 27.5 Å². The van der Waals surface area contributed by atoms with Crippen LogP contribution in [0.15, 0.2) is 21.5 Å². The number of ether oxygens (including phenoxy) is 2. The van der Waals surface area contributed by atoms with Gasteiger partial charge in [0.2, 0.25) is 11.8 Å². The SMILES string of the molecule is CCOC(CCNC(=O)CCS(=O)(=O)c1cc2c(cc1Br)CCN2C(=O)C1CC1)OCC. The lowest BCUT2D eigenvalue weighted by molar-refractivity contribution is -0.139. The minimum atomic E-state index is -3.71. The number of hydrogen-bond acceptors (Lipinski definition) is 6. The zero-order chi connectivity index (χ0) is 23.3. The maximum Gasteiger partial charge on any atom is 0.230 e. The minimum Gasteiger partial charge on any atom is -0.356 e. The highest BCUT2D eigenvalue weighted by molar-refractivity contribution is 9.10. The van der Waals surface area contributed by atoms with Crippen LogP contribution in [-0.2, 0) is 35.3 Å². The van der Waals surface area contributed by atoms with Gasteiger partial charge in [0, 0.05) is 55.2 Å². The van der Waals surface area contributed by atoms with Crippen LogP contribution in [0.25, 0.3) is 0 Å². The Kier molecular flexibility index (Phi) is 8.71. The zero-order valence-electron chi connectivity index (χ0n) is 18.6. The van der Waals surface area contributed by atoms with Gasteiger partial charge in [-0.1, -0.05) is 0 Å². The number of sulfone groups is 1. The van der Waals surface area contributed by atoms with Crippen LogP contribution in [-0.4, -0.2) is 58.6 Å². The van der Waals surface area contributed by atoms with Crippen LogP contribution >= 0.6 is 15.9 Å². The van der Waals surface area contributed by atoms with Crippen molar-refractivity contribution in [3.8, 4) is 0 Å². The first-order valence-electron chi connectivity index (χ1n) is 11.1. The number of carbonyl (C=O) groups is 2. The first kappa shape index (κ1) is 25.1. The molecule has 3 rings (SSSR count). The molecule has 1 aromatic carbocycles. The summed E-state index contributed by atoms with van der Waals surface area (Å²) in [4.78, 5) is 26.6. The molecular formula is C22H31BrN2O6S. The van der Waals surface area contributed by atoms with E-state index >= 15 is 0 Å². The lowest BCUT2D eigenvalue weighted by Crippen LogP contribution is -2.31. The summed E-state index contributed by atoms with van der Waals surface area (Å²) < 4.78 is 37.3. The lowest BCUT2D eigenvalue weighted by atomic mass is 10.2. The van der Waals surface area contributed by atoms with Gasteiger partial charge in [-0.05, 0) is 66.7 Å². The smallest absolute Gasteiger partial charge is 0.230 e. The third-order valence-electron chi connectivity index (χ3n) is 5.56. The molecular weight excluding hydrogens is 500 g/mol.